The molecule has 2 atom stereocenters. The molecule has 136 valence electrons. The first-order valence-corrected chi connectivity index (χ1v) is 9.45. The number of rotatable bonds is 1. The van der Waals surface area contributed by atoms with Crippen LogP contribution in [-0.4, -0.2) is 34.1 Å². The smallest absolute Gasteiger partial charge is 0.250 e. The molecule has 27 heavy (non-hydrogen) atoms. The first kappa shape index (κ1) is 16.5. The predicted octanol–water partition coefficient (Wildman–Crippen LogP) is 2.80. The third kappa shape index (κ3) is 2.42. The van der Waals surface area contributed by atoms with E-state index in [2.05, 4.69) is 0 Å². The van der Waals surface area contributed by atoms with Gasteiger partial charge in [-0.05, 0) is 18.4 Å². The Labute approximate surface area is 160 Å². The highest BCUT2D eigenvalue weighted by atomic mass is 35.5. The zero-order valence-electron chi connectivity index (χ0n) is 14.5. The fourth-order valence-corrected chi connectivity index (χ4v) is 5.00. The fourth-order valence-electron chi connectivity index (χ4n) is 4.69. The summed E-state index contributed by atoms with van der Waals surface area (Å²) in [6, 6.07) is 12.2. The topological polar surface area (TPSA) is 59.4 Å². The number of fused-ring (bicyclic) bond motifs is 5. The molecular weight excluding hydrogens is 364 g/mol. The molecule has 0 amide bonds. The van der Waals surface area contributed by atoms with Crippen LogP contribution in [0.3, 0.4) is 0 Å². The van der Waals surface area contributed by atoms with Crippen molar-refractivity contribution in [2.75, 3.05) is 13.1 Å². The first-order valence-electron chi connectivity index (χ1n) is 9.07. The Hall–Kier alpha value is -2.66. The molecule has 1 aromatic heterocycles. The lowest BCUT2D eigenvalue weighted by atomic mass is 9.82. The molecule has 5 nitrogen and oxygen atoms in total. The van der Waals surface area contributed by atoms with E-state index in [1.807, 2.05) is 15.5 Å². The quantitative estimate of drug-likeness (QED) is 0.763. The molecule has 1 aliphatic carbocycles. The van der Waals surface area contributed by atoms with Crippen molar-refractivity contribution in [1.82, 2.24) is 9.47 Å². The number of aromatic nitrogens is 1. The number of ketones is 2. The highest BCUT2D eigenvalue weighted by molar-refractivity contribution is 6.49. The van der Waals surface area contributed by atoms with Crippen molar-refractivity contribution in [3.63, 3.8) is 0 Å². The number of Topliss-reactive ketones (excluding diaryl/α,β-unsaturated/α-hetero) is 2. The molecule has 1 saturated heterocycles. The lowest BCUT2D eigenvalue weighted by Crippen LogP contribution is -2.48. The van der Waals surface area contributed by atoms with E-state index in [1.165, 1.54) is 0 Å². The molecule has 1 aromatic carbocycles. The number of pyridine rings is 1. The number of benzene rings is 1. The molecule has 3 heterocycles. The molecule has 5 rings (SSSR count). The summed E-state index contributed by atoms with van der Waals surface area (Å²) in [7, 11) is 0. The summed E-state index contributed by atoms with van der Waals surface area (Å²) in [4.78, 5) is 39.9. The average molecular weight is 381 g/mol. The van der Waals surface area contributed by atoms with Crippen LogP contribution in [0.25, 0.3) is 0 Å². The first-order chi connectivity index (χ1) is 13.0. The molecule has 2 aliphatic heterocycles. The summed E-state index contributed by atoms with van der Waals surface area (Å²) >= 11 is 6.38. The number of carbonyl (C=O) groups is 2. The van der Waals surface area contributed by atoms with Crippen LogP contribution in [0.4, 0.5) is 0 Å². The van der Waals surface area contributed by atoms with Crippen LogP contribution in [0, 0.1) is 5.92 Å². The van der Waals surface area contributed by atoms with Crippen molar-refractivity contribution in [1.29, 1.82) is 0 Å². The Bertz CT molecular complexity index is 1080. The van der Waals surface area contributed by atoms with E-state index in [-0.39, 0.29) is 34.0 Å². The number of hydrogen-bond donors (Lipinski definition) is 0. The Morgan fingerprint density at radius 2 is 1.59 bits per heavy atom. The number of carbonyl (C=O) groups excluding carboxylic acids is 2. The van der Waals surface area contributed by atoms with Gasteiger partial charge in [0, 0.05) is 48.4 Å². The van der Waals surface area contributed by atoms with Crippen molar-refractivity contribution in [3.05, 3.63) is 80.4 Å². The van der Waals surface area contributed by atoms with Gasteiger partial charge in [0.05, 0.1) is 0 Å². The van der Waals surface area contributed by atoms with Gasteiger partial charge >= 0.3 is 0 Å². The summed E-state index contributed by atoms with van der Waals surface area (Å²) in [6.07, 6.45) is 0.976. The summed E-state index contributed by atoms with van der Waals surface area (Å²) in [6.45, 7) is 1.82. The van der Waals surface area contributed by atoms with E-state index in [0.29, 0.717) is 36.5 Å². The molecule has 2 aromatic rings. The van der Waals surface area contributed by atoms with Gasteiger partial charge in [-0.3, -0.25) is 14.4 Å². The van der Waals surface area contributed by atoms with E-state index in [1.54, 1.807) is 36.4 Å². The molecule has 0 N–H and O–H groups in total. The van der Waals surface area contributed by atoms with Gasteiger partial charge in [0.25, 0.3) is 5.56 Å². The predicted molar refractivity (Wildman–Crippen MR) is 101 cm³/mol. The van der Waals surface area contributed by atoms with Gasteiger partial charge in [0.15, 0.2) is 0 Å². The van der Waals surface area contributed by atoms with Crippen LogP contribution in [0.2, 0.25) is 0 Å². The normalized spacial score (nSPS) is 24.0. The lowest BCUT2D eigenvalue weighted by molar-refractivity contribution is 0.0895. The number of likely N-dealkylation sites (tertiary alicyclic amines) is 1. The Balaban J connectivity index is 1.55. The second kappa shape index (κ2) is 5.92. The Morgan fingerprint density at radius 1 is 0.852 bits per heavy atom. The van der Waals surface area contributed by atoms with Gasteiger partial charge < -0.3 is 9.47 Å². The number of piperidine rings is 1. The van der Waals surface area contributed by atoms with Gasteiger partial charge in [0.1, 0.15) is 10.7 Å². The summed E-state index contributed by atoms with van der Waals surface area (Å²) < 4.78 is 1.84. The van der Waals surface area contributed by atoms with Gasteiger partial charge in [-0.25, -0.2) is 0 Å². The summed E-state index contributed by atoms with van der Waals surface area (Å²) in [5.41, 5.74) is 2.10. The monoisotopic (exact) mass is 380 g/mol. The molecule has 0 radical (unpaired) electrons. The van der Waals surface area contributed by atoms with Gasteiger partial charge in [-0.2, -0.15) is 0 Å². The standard InChI is InChI=1S/C21H17ClN2O3/c22-18-19(21(27)15-5-2-1-4-14(15)20(18)26)23-9-12-8-13(11-23)16-6-3-7-17(25)24(16)10-12/h1-7,12-13H,8-11H2. The van der Waals surface area contributed by atoms with E-state index in [0.717, 1.165) is 12.1 Å². The van der Waals surface area contributed by atoms with E-state index < -0.39 is 0 Å². The molecule has 6 heteroatoms. The van der Waals surface area contributed by atoms with Crippen LogP contribution in [0.1, 0.15) is 38.7 Å². The number of allylic oxidation sites excluding steroid dienone is 2. The van der Waals surface area contributed by atoms with Crippen LogP contribution in [-0.2, 0) is 6.54 Å². The lowest BCUT2D eigenvalue weighted by Gasteiger charge is -2.44. The van der Waals surface area contributed by atoms with Crippen LogP contribution in [0.5, 0.6) is 0 Å². The molecule has 0 spiro atoms. The van der Waals surface area contributed by atoms with Crippen molar-refractivity contribution in [2.24, 2.45) is 5.92 Å². The van der Waals surface area contributed by atoms with Crippen molar-refractivity contribution in [3.8, 4) is 0 Å². The van der Waals surface area contributed by atoms with E-state index in [9.17, 15) is 14.4 Å². The second-order valence-corrected chi connectivity index (χ2v) is 7.85. The summed E-state index contributed by atoms with van der Waals surface area (Å²) in [5.74, 6) is -0.105. The highest BCUT2D eigenvalue weighted by Crippen LogP contribution is 2.39. The van der Waals surface area contributed by atoms with Crippen LogP contribution in [0.15, 0.2) is 58.0 Å². The van der Waals surface area contributed by atoms with Crippen molar-refractivity contribution >= 4 is 23.2 Å². The zero-order valence-corrected chi connectivity index (χ0v) is 15.3. The minimum atomic E-state index is -0.297. The SMILES string of the molecule is O=C1C(Cl)=C(N2CC3CC(C2)c2cccc(=O)n2C3)C(=O)c2ccccc21. The fraction of sp³-hybridized carbons (Fsp3) is 0.286. The van der Waals surface area contributed by atoms with Crippen LogP contribution >= 0.6 is 11.6 Å². The third-order valence-corrected chi connectivity index (χ3v) is 6.19. The maximum Gasteiger partial charge on any atom is 0.250 e. The largest absolute Gasteiger partial charge is 0.366 e. The van der Waals surface area contributed by atoms with Gasteiger partial charge in [-0.1, -0.05) is 41.9 Å². The number of hydrogen-bond acceptors (Lipinski definition) is 4. The Kier molecular flexibility index (Phi) is 3.62. The molecule has 2 bridgehead atoms. The van der Waals surface area contributed by atoms with Crippen LogP contribution < -0.4 is 5.56 Å². The molecule has 3 aliphatic rings. The molecular formula is C21H17ClN2O3. The van der Waals surface area contributed by atoms with Gasteiger partial charge in [0.2, 0.25) is 11.6 Å². The second-order valence-electron chi connectivity index (χ2n) is 7.47. The summed E-state index contributed by atoms with van der Waals surface area (Å²) in [5, 5.41) is 0.00382. The average Bonchev–Trinajstić information content (AvgIpc) is 2.67. The van der Waals surface area contributed by atoms with E-state index >= 15 is 0 Å². The number of halogens is 1. The third-order valence-electron chi connectivity index (χ3n) is 5.83. The Morgan fingerprint density at radius 3 is 2.37 bits per heavy atom. The zero-order chi connectivity index (χ0) is 18.7. The minimum absolute atomic E-state index is 0.00382. The molecule has 1 fully saturated rings. The maximum atomic E-state index is 13.1. The molecule has 0 saturated carbocycles. The number of nitrogens with zero attached hydrogens (tertiary/aromatic N) is 2. The minimum Gasteiger partial charge on any atom is -0.366 e. The van der Waals surface area contributed by atoms with Crippen molar-refractivity contribution < 1.29 is 9.59 Å². The van der Waals surface area contributed by atoms with Crippen molar-refractivity contribution in [2.45, 2.75) is 18.9 Å². The highest BCUT2D eigenvalue weighted by Gasteiger charge is 2.40. The van der Waals surface area contributed by atoms with Gasteiger partial charge in [-0.15, -0.1) is 0 Å². The molecule has 2 unspecified atom stereocenters. The maximum absolute atomic E-state index is 13.1. The van der Waals surface area contributed by atoms with E-state index in [4.69, 9.17) is 11.6 Å².